The zero-order valence-electron chi connectivity index (χ0n) is 36.7. The van der Waals surface area contributed by atoms with Crippen molar-refractivity contribution in [2.24, 2.45) is 0 Å². The van der Waals surface area contributed by atoms with Crippen molar-refractivity contribution < 1.29 is 19.1 Å². The van der Waals surface area contributed by atoms with Crippen LogP contribution in [0.2, 0.25) is 0 Å². The number of hydrogen-bond donors (Lipinski definition) is 0. The Morgan fingerprint density at radius 3 is 1.06 bits per heavy atom. The number of benzene rings is 6. The molecule has 316 valence electrons. The van der Waals surface area contributed by atoms with Gasteiger partial charge in [-0.1, -0.05) is 116 Å². The topological polar surface area (TPSA) is 59.1 Å². The van der Waals surface area contributed by atoms with Gasteiger partial charge in [0, 0.05) is 63.5 Å². The van der Waals surface area contributed by atoms with Gasteiger partial charge in [0.05, 0.1) is 13.2 Å². The van der Waals surface area contributed by atoms with Gasteiger partial charge in [-0.15, -0.1) is 0 Å². The van der Waals surface area contributed by atoms with Gasteiger partial charge >= 0.3 is 11.9 Å². The number of carbonyl (C=O) groups excluding carboxylic acids is 2. The van der Waals surface area contributed by atoms with E-state index in [2.05, 4.69) is 182 Å². The molecule has 0 atom stereocenters. The molecule has 1 aliphatic rings. The SMILES string of the molecule is C=C(C)C(=O)OCCc1ccc(N(c2ccc(C)cc2)c2ccc(C3(c4ccc(N(c5ccc(C)cc5)c5ccc(CCOC(=O)C(=C)C)cc5)cc4)CCCCC3)cc2)cc1. The number of rotatable bonds is 16. The molecule has 0 aromatic heterocycles. The molecule has 1 saturated carbocycles. The fourth-order valence-corrected chi connectivity index (χ4v) is 8.43. The highest BCUT2D eigenvalue weighted by atomic mass is 16.5. The van der Waals surface area contributed by atoms with Gasteiger partial charge in [0.1, 0.15) is 0 Å². The molecule has 6 aromatic carbocycles. The molecule has 0 radical (unpaired) electrons. The van der Waals surface area contributed by atoms with Crippen molar-refractivity contribution in [3.63, 3.8) is 0 Å². The molecule has 7 rings (SSSR count). The molecule has 0 N–H and O–H groups in total. The Hall–Kier alpha value is -6.66. The average molecular weight is 823 g/mol. The van der Waals surface area contributed by atoms with Crippen LogP contribution in [0.25, 0.3) is 0 Å². The summed E-state index contributed by atoms with van der Waals surface area (Å²) in [5.74, 6) is -0.714. The smallest absolute Gasteiger partial charge is 0.333 e. The molecule has 0 heterocycles. The number of carbonyl (C=O) groups is 2. The minimum absolute atomic E-state index is 0.0941. The number of aryl methyl sites for hydroxylation is 2. The summed E-state index contributed by atoms with van der Waals surface area (Å²) in [7, 11) is 0. The first-order chi connectivity index (χ1) is 30.0. The van der Waals surface area contributed by atoms with E-state index in [4.69, 9.17) is 9.47 Å². The van der Waals surface area contributed by atoms with Crippen LogP contribution in [0, 0.1) is 13.8 Å². The number of nitrogens with zero attached hydrogens (tertiary/aromatic N) is 2. The molecule has 6 nitrogen and oxygen atoms in total. The lowest BCUT2D eigenvalue weighted by Crippen LogP contribution is -2.30. The third kappa shape index (κ3) is 10.3. The van der Waals surface area contributed by atoms with E-state index in [9.17, 15) is 9.59 Å². The summed E-state index contributed by atoms with van der Waals surface area (Å²) in [5, 5.41) is 0. The fraction of sp³-hybridized carbons (Fsp3) is 0.250. The summed E-state index contributed by atoms with van der Waals surface area (Å²) in [5.41, 5.74) is 14.5. The largest absolute Gasteiger partial charge is 0.462 e. The van der Waals surface area contributed by atoms with Gasteiger partial charge in [0.25, 0.3) is 0 Å². The predicted molar refractivity (Wildman–Crippen MR) is 255 cm³/mol. The van der Waals surface area contributed by atoms with E-state index >= 15 is 0 Å². The lowest BCUT2D eigenvalue weighted by atomic mass is 9.65. The van der Waals surface area contributed by atoms with Crippen molar-refractivity contribution in [1.29, 1.82) is 0 Å². The van der Waals surface area contributed by atoms with Gasteiger partial charge in [-0.05, 0) is 136 Å². The van der Waals surface area contributed by atoms with Gasteiger partial charge in [-0.25, -0.2) is 9.59 Å². The van der Waals surface area contributed by atoms with E-state index in [0.717, 1.165) is 58.1 Å². The molecule has 0 aliphatic heterocycles. The standard InChI is InChI=1S/C56H58N2O4/c1-40(2)54(59)61-38-34-44-14-26-50(27-15-44)57(48-22-10-42(5)11-23-48)52-30-18-46(19-31-52)56(36-8-7-9-37-56)47-20-32-53(33-21-47)58(49-24-12-43(6)13-25-49)51-28-16-45(17-29-51)35-39-62-55(60)41(3)4/h10-33H,1,3,7-9,34-39H2,2,4-6H3. The second-order valence-corrected chi connectivity index (χ2v) is 16.7. The maximum absolute atomic E-state index is 11.9. The highest BCUT2D eigenvalue weighted by Gasteiger charge is 2.36. The molecule has 1 fully saturated rings. The Balaban J connectivity index is 1.16. The molecule has 1 aliphatic carbocycles. The number of anilines is 6. The molecule has 6 aromatic rings. The summed E-state index contributed by atoms with van der Waals surface area (Å²) >= 11 is 0. The average Bonchev–Trinajstić information content (AvgIpc) is 3.29. The highest BCUT2D eigenvalue weighted by molar-refractivity contribution is 5.87. The van der Waals surface area contributed by atoms with Gasteiger partial charge in [-0.2, -0.15) is 0 Å². The molecule has 0 amide bonds. The first kappa shape index (κ1) is 43.4. The van der Waals surface area contributed by atoms with E-state index in [1.165, 1.54) is 41.5 Å². The maximum atomic E-state index is 11.9. The van der Waals surface area contributed by atoms with E-state index in [-0.39, 0.29) is 17.4 Å². The summed E-state index contributed by atoms with van der Waals surface area (Å²) in [6, 6.07) is 52.9. The van der Waals surface area contributed by atoms with E-state index in [1.807, 2.05) is 0 Å². The van der Waals surface area contributed by atoms with Crippen LogP contribution < -0.4 is 9.80 Å². The molecule has 6 heteroatoms. The van der Waals surface area contributed by atoms with Crippen molar-refractivity contribution in [2.45, 2.75) is 78.1 Å². The van der Waals surface area contributed by atoms with Crippen molar-refractivity contribution in [3.8, 4) is 0 Å². The van der Waals surface area contributed by atoms with Crippen LogP contribution in [-0.4, -0.2) is 25.2 Å². The van der Waals surface area contributed by atoms with Crippen LogP contribution in [0.4, 0.5) is 34.1 Å². The van der Waals surface area contributed by atoms with Crippen LogP contribution >= 0.6 is 0 Å². The second-order valence-electron chi connectivity index (χ2n) is 16.7. The first-order valence-electron chi connectivity index (χ1n) is 21.8. The monoisotopic (exact) mass is 822 g/mol. The van der Waals surface area contributed by atoms with Gasteiger partial charge in [0.2, 0.25) is 0 Å². The normalized spacial score (nSPS) is 13.2. The Kier molecular flexibility index (Phi) is 13.9. The van der Waals surface area contributed by atoms with Crippen LogP contribution in [0.3, 0.4) is 0 Å². The zero-order valence-corrected chi connectivity index (χ0v) is 36.7. The van der Waals surface area contributed by atoms with Gasteiger partial charge < -0.3 is 19.3 Å². The number of hydrogen-bond acceptors (Lipinski definition) is 6. The molecule has 0 bridgehead atoms. The van der Waals surface area contributed by atoms with Crippen LogP contribution in [0.5, 0.6) is 0 Å². The molecule has 0 saturated heterocycles. The van der Waals surface area contributed by atoms with Crippen molar-refractivity contribution in [3.05, 3.63) is 203 Å². The van der Waals surface area contributed by atoms with Crippen molar-refractivity contribution >= 4 is 46.1 Å². The van der Waals surface area contributed by atoms with E-state index < -0.39 is 0 Å². The number of ether oxygens (including phenoxy) is 2. The Bertz CT molecular complexity index is 2290. The Morgan fingerprint density at radius 2 is 0.758 bits per heavy atom. The van der Waals surface area contributed by atoms with Gasteiger partial charge in [0.15, 0.2) is 0 Å². The zero-order chi connectivity index (χ0) is 43.6. The Morgan fingerprint density at radius 1 is 0.468 bits per heavy atom. The highest BCUT2D eigenvalue weighted by Crippen LogP contribution is 2.47. The molecule has 62 heavy (non-hydrogen) atoms. The van der Waals surface area contributed by atoms with Crippen LogP contribution in [-0.2, 0) is 37.3 Å². The summed E-state index contributed by atoms with van der Waals surface area (Å²) in [4.78, 5) is 28.4. The minimum Gasteiger partial charge on any atom is -0.462 e. The summed E-state index contributed by atoms with van der Waals surface area (Å²) in [6.45, 7) is 15.5. The van der Waals surface area contributed by atoms with Crippen molar-refractivity contribution in [2.75, 3.05) is 23.0 Å². The first-order valence-corrected chi connectivity index (χ1v) is 21.8. The van der Waals surface area contributed by atoms with E-state index in [1.54, 1.807) is 13.8 Å². The maximum Gasteiger partial charge on any atom is 0.333 e. The third-order valence-electron chi connectivity index (χ3n) is 12.0. The van der Waals surface area contributed by atoms with Gasteiger partial charge in [-0.3, -0.25) is 0 Å². The predicted octanol–water partition coefficient (Wildman–Crippen LogP) is 13.8. The molecular formula is C56H58N2O4. The molecule has 0 spiro atoms. The second kappa shape index (κ2) is 19.8. The fourth-order valence-electron chi connectivity index (χ4n) is 8.43. The van der Waals surface area contributed by atoms with Crippen LogP contribution in [0.1, 0.15) is 79.3 Å². The lowest BCUT2D eigenvalue weighted by Gasteiger charge is -2.39. The lowest BCUT2D eigenvalue weighted by molar-refractivity contribution is -0.139. The quantitative estimate of drug-likeness (QED) is 0.0716. The number of esters is 2. The van der Waals surface area contributed by atoms with Crippen molar-refractivity contribution in [1.82, 2.24) is 0 Å². The summed E-state index contributed by atoms with van der Waals surface area (Å²) < 4.78 is 10.7. The minimum atomic E-state index is -0.357. The molecule has 0 unspecified atom stereocenters. The molecular weight excluding hydrogens is 765 g/mol. The van der Waals surface area contributed by atoms with Crippen LogP contribution in [0.15, 0.2) is 170 Å². The Labute approximate surface area is 368 Å². The third-order valence-corrected chi connectivity index (χ3v) is 12.0. The summed E-state index contributed by atoms with van der Waals surface area (Å²) in [6.07, 6.45) is 7.09. The van der Waals surface area contributed by atoms with E-state index in [0.29, 0.717) is 37.2 Å².